The SMILES string of the molecule is CC(=O)N1C[C@H](NS(=O)(=O)c2c(C)cccc2Cl)[C@@H](C2CC2)C1. The van der Waals surface area contributed by atoms with E-state index in [4.69, 9.17) is 11.6 Å². The molecule has 1 aliphatic carbocycles. The lowest BCUT2D eigenvalue weighted by atomic mass is 9.99. The first-order valence-electron chi connectivity index (χ1n) is 7.82. The largest absolute Gasteiger partial charge is 0.341 e. The Morgan fingerprint density at radius 3 is 2.57 bits per heavy atom. The summed E-state index contributed by atoms with van der Waals surface area (Å²) in [6, 6.07) is 4.80. The van der Waals surface area contributed by atoms with Crippen LogP contribution in [-0.2, 0) is 14.8 Å². The topological polar surface area (TPSA) is 66.5 Å². The summed E-state index contributed by atoms with van der Waals surface area (Å²) in [6.07, 6.45) is 2.22. The molecular weight excluding hydrogens is 336 g/mol. The van der Waals surface area contributed by atoms with Gasteiger partial charge in [0, 0.05) is 26.1 Å². The van der Waals surface area contributed by atoms with Gasteiger partial charge in [0.15, 0.2) is 0 Å². The van der Waals surface area contributed by atoms with E-state index in [0.29, 0.717) is 24.6 Å². The molecule has 7 heteroatoms. The van der Waals surface area contributed by atoms with Gasteiger partial charge in [-0.05, 0) is 43.2 Å². The van der Waals surface area contributed by atoms with E-state index in [0.717, 1.165) is 12.8 Å². The van der Waals surface area contributed by atoms with Crippen molar-refractivity contribution in [3.8, 4) is 0 Å². The van der Waals surface area contributed by atoms with Gasteiger partial charge in [-0.25, -0.2) is 13.1 Å². The van der Waals surface area contributed by atoms with Crippen molar-refractivity contribution < 1.29 is 13.2 Å². The van der Waals surface area contributed by atoms with Gasteiger partial charge < -0.3 is 4.90 Å². The summed E-state index contributed by atoms with van der Waals surface area (Å²) in [5.41, 5.74) is 0.620. The number of carbonyl (C=O) groups excluding carboxylic acids is 1. The Labute approximate surface area is 142 Å². The van der Waals surface area contributed by atoms with Crippen LogP contribution in [0.15, 0.2) is 23.1 Å². The summed E-state index contributed by atoms with van der Waals surface area (Å²) in [5.74, 6) is 0.696. The predicted molar refractivity (Wildman–Crippen MR) is 88.8 cm³/mol. The van der Waals surface area contributed by atoms with Crippen LogP contribution in [0, 0.1) is 18.8 Å². The molecule has 0 bridgehead atoms. The summed E-state index contributed by atoms with van der Waals surface area (Å²) in [4.78, 5) is 13.5. The molecule has 1 amide bonds. The fraction of sp³-hybridized carbons (Fsp3) is 0.562. The molecule has 0 spiro atoms. The molecule has 3 rings (SSSR count). The summed E-state index contributed by atoms with van der Waals surface area (Å²) in [6.45, 7) is 4.32. The highest BCUT2D eigenvalue weighted by molar-refractivity contribution is 7.89. The van der Waals surface area contributed by atoms with Crippen LogP contribution in [0.3, 0.4) is 0 Å². The maximum atomic E-state index is 12.8. The number of rotatable bonds is 4. The first kappa shape index (κ1) is 16.7. The lowest BCUT2D eigenvalue weighted by Gasteiger charge is -2.20. The van der Waals surface area contributed by atoms with E-state index in [1.165, 1.54) is 6.92 Å². The maximum absolute atomic E-state index is 12.8. The number of benzene rings is 1. The highest BCUT2D eigenvalue weighted by atomic mass is 35.5. The summed E-state index contributed by atoms with van der Waals surface area (Å²) < 4.78 is 28.4. The average Bonchev–Trinajstić information content (AvgIpc) is 3.19. The van der Waals surface area contributed by atoms with Crippen molar-refractivity contribution in [1.29, 1.82) is 0 Å². The third-order valence-electron chi connectivity index (χ3n) is 4.78. The molecule has 2 fully saturated rings. The van der Waals surface area contributed by atoms with E-state index in [1.54, 1.807) is 30.0 Å². The number of halogens is 1. The Morgan fingerprint density at radius 1 is 1.30 bits per heavy atom. The molecule has 126 valence electrons. The molecule has 0 aromatic heterocycles. The molecule has 5 nitrogen and oxygen atoms in total. The second-order valence-corrected chi connectivity index (χ2v) is 8.60. The molecule has 2 aliphatic rings. The van der Waals surface area contributed by atoms with Crippen molar-refractivity contribution in [2.75, 3.05) is 13.1 Å². The van der Waals surface area contributed by atoms with Gasteiger partial charge in [-0.3, -0.25) is 4.79 Å². The quantitative estimate of drug-likeness (QED) is 0.899. The Hall–Kier alpha value is -1.11. The van der Waals surface area contributed by atoms with E-state index >= 15 is 0 Å². The van der Waals surface area contributed by atoms with Crippen molar-refractivity contribution in [2.24, 2.45) is 11.8 Å². The maximum Gasteiger partial charge on any atom is 0.242 e. The predicted octanol–water partition coefficient (Wildman–Crippen LogP) is 2.18. The molecule has 1 aromatic carbocycles. The second kappa shape index (κ2) is 6.07. The van der Waals surface area contributed by atoms with Crippen molar-refractivity contribution in [2.45, 2.75) is 37.6 Å². The number of nitrogens with one attached hydrogen (secondary N) is 1. The second-order valence-electron chi connectivity index (χ2n) is 6.54. The van der Waals surface area contributed by atoms with Crippen LogP contribution < -0.4 is 4.72 Å². The Balaban J connectivity index is 1.86. The molecule has 1 heterocycles. The van der Waals surface area contributed by atoms with Crippen LogP contribution in [0.25, 0.3) is 0 Å². The average molecular weight is 357 g/mol. The van der Waals surface area contributed by atoms with Gasteiger partial charge in [0.2, 0.25) is 15.9 Å². The fourth-order valence-electron chi connectivity index (χ4n) is 3.43. The molecule has 1 saturated carbocycles. The highest BCUT2D eigenvalue weighted by Gasteiger charge is 2.44. The minimum absolute atomic E-state index is 0.00808. The summed E-state index contributed by atoms with van der Waals surface area (Å²) >= 11 is 6.11. The lowest BCUT2D eigenvalue weighted by molar-refractivity contribution is -0.128. The Kier molecular flexibility index (Phi) is 4.42. The van der Waals surface area contributed by atoms with Gasteiger partial charge in [-0.1, -0.05) is 23.7 Å². The number of nitrogens with zero attached hydrogens (tertiary/aromatic N) is 1. The van der Waals surface area contributed by atoms with Crippen molar-refractivity contribution in [1.82, 2.24) is 9.62 Å². The molecule has 0 unspecified atom stereocenters. The van der Waals surface area contributed by atoms with Gasteiger partial charge in [0.1, 0.15) is 4.90 Å². The Bertz CT molecular complexity index is 711. The minimum atomic E-state index is -3.71. The number of aryl methyl sites for hydroxylation is 1. The van der Waals surface area contributed by atoms with Crippen LogP contribution in [0.2, 0.25) is 5.02 Å². The zero-order valence-corrected chi connectivity index (χ0v) is 14.8. The molecule has 23 heavy (non-hydrogen) atoms. The first-order chi connectivity index (χ1) is 10.8. The van der Waals surface area contributed by atoms with Crippen LogP contribution in [-0.4, -0.2) is 38.4 Å². The summed E-state index contributed by atoms with van der Waals surface area (Å²) in [7, 11) is -3.71. The molecule has 1 saturated heterocycles. The van der Waals surface area contributed by atoms with Crippen molar-refractivity contribution in [3.63, 3.8) is 0 Å². The normalized spacial score (nSPS) is 24.9. The van der Waals surface area contributed by atoms with Crippen molar-refractivity contribution in [3.05, 3.63) is 28.8 Å². The minimum Gasteiger partial charge on any atom is -0.341 e. The monoisotopic (exact) mass is 356 g/mol. The number of hydrogen-bond acceptors (Lipinski definition) is 3. The summed E-state index contributed by atoms with van der Waals surface area (Å²) in [5, 5.41) is 0.224. The number of likely N-dealkylation sites (tertiary alicyclic amines) is 1. The van der Waals surface area contributed by atoms with Gasteiger partial charge in [0.25, 0.3) is 0 Å². The number of amides is 1. The van der Waals surface area contributed by atoms with Gasteiger partial charge in [-0.2, -0.15) is 0 Å². The molecule has 1 aliphatic heterocycles. The van der Waals surface area contributed by atoms with E-state index in [1.807, 2.05) is 0 Å². The zero-order chi connectivity index (χ0) is 16.8. The van der Waals surface area contributed by atoms with Crippen LogP contribution in [0.4, 0.5) is 0 Å². The standard InChI is InChI=1S/C16H21ClN2O3S/c1-10-4-3-5-14(17)16(10)23(21,22)18-15-9-19(11(2)20)8-13(15)12-6-7-12/h3-5,12-13,15,18H,6-9H2,1-2H3/t13-,15+/m1/s1. The van der Waals surface area contributed by atoms with Gasteiger partial charge >= 0.3 is 0 Å². The van der Waals surface area contributed by atoms with E-state index in [-0.39, 0.29) is 27.8 Å². The molecule has 2 atom stereocenters. The Morgan fingerprint density at radius 2 is 2.00 bits per heavy atom. The third-order valence-corrected chi connectivity index (χ3v) is 6.90. The number of carbonyl (C=O) groups is 1. The van der Waals surface area contributed by atoms with E-state index in [9.17, 15) is 13.2 Å². The van der Waals surface area contributed by atoms with Gasteiger partial charge in [0.05, 0.1) is 5.02 Å². The van der Waals surface area contributed by atoms with Gasteiger partial charge in [-0.15, -0.1) is 0 Å². The van der Waals surface area contributed by atoms with Crippen LogP contribution in [0.5, 0.6) is 0 Å². The van der Waals surface area contributed by atoms with E-state index in [2.05, 4.69) is 4.72 Å². The molecular formula is C16H21ClN2O3S. The van der Waals surface area contributed by atoms with Crippen molar-refractivity contribution >= 4 is 27.5 Å². The number of sulfonamides is 1. The fourth-order valence-corrected chi connectivity index (χ4v) is 5.54. The molecule has 1 N–H and O–H groups in total. The zero-order valence-electron chi connectivity index (χ0n) is 13.3. The van der Waals surface area contributed by atoms with Crippen LogP contribution in [0.1, 0.15) is 25.3 Å². The third kappa shape index (κ3) is 3.39. The van der Waals surface area contributed by atoms with E-state index < -0.39 is 10.0 Å². The lowest BCUT2D eigenvalue weighted by Crippen LogP contribution is -2.41. The molecule has 1 aromatic rings. The smallest absolute Gasteiger partial charge is 0.242 e. The first-order valence-corrected chi connectivity index (χ1v) is 9.68. The van der Waals surface area contributed by atoms with Crippen LogP contribution >= 0.6 is 11.6 Å². The highest BCUT2D eigenvalue weighted by Crippen LogP contribution is 2.42. The molecule has 0 radical (unpaired) electrons. The number of hydrogen-bond donors (Lipinski definition) is 1.